The molecule has 3 rings (SSSR count). The molecule has 0 aromatic heterocycles. The van der Waals surface area contributed by atoms with Gasteiger partial charge in [-0.2, -0.15) is 0 Å². The standard InChI is InChI=1S/C18H22N2O4/c1-18(2,3)24-17(23)19-11-8-9-12(10-11)20-15(21)13-6-4-5-7-14(13)16(20)22/h4-7,11-12H,8-10H2,1-3H3,(H,19,23)/t11-,12-/m1/s1/i12D. The van der Waals surface area contributed by atoms with Crippen molar-refractivity contribution in [1.82, 2.24) is 10.2 Å². The number of fused-ring (bicyclic) bond motifs is 1. The van der Waals surface area contributed by atoms with Crippen LogP contribution in [0.15, 0.2) is 24.3 Å². The molecule has 1 aromatic carbocycles. The molecule has 6 nitrogen and oxygen atoms in total. The van der Waals surface area contributed by atoms with Crippen LogP contribution in [0, 0.1) is 0 Å². The molecule has 2 atom stereocenters. The zero-order valence-corrected chi connectivity index (χ0v) is 14.1. The average Bonchev–Trinajstić information content (AvgIpc) is 2.97. The summed E-state index contributed by atoms with van der Waals surface area (Å²) in [6.45, 7) is 5.32. The van der Waals surface area contributed by atoms with Crippen LogP contribution in [0.5, 0.6) is 0 Å². The van der Waals surface area contributed by atoms with Gasteiger partial charge in [0.25, 0.3) is 11.8 Å². The summed E-state index contributed by atoms with van der Waals surface area (Å²) in [7, 11) is 0. The molecule has 0 unspecified atom stereocenters. The van der Waals surface area contributed by atoms with Gasteiger partial charge in [0.05, 0.1) is 12.5 Å². The fraction of sp³-hybridized carbons (Fsp3) is 0.500. The number of carbonyl (C=O) groups excluding carboxylic acids is 3. The Labute approximate surface area is 142 Å². The number of alkyl carbamates (subject to hydrolysis) is 1. The molecule has 0 spiro atoms. The lowest BCUT2D eigenvalue weighted by molar-refractivity contribution is 0.0503. The van der Waals surface area contributed by atoms with E-state index in [1.54, 1.807) is 45.0 Å². The van der Waals surface area contributed by atoms with E-state index < -0.39 is 29.5 Å². The Morgan fingerprint density at radius 3 is 2.33 bits per heavy atom. The van der Waals surface area contributed by atoms with Crippen molar-refractivity contribution >= 4 is 17.9 Å². The predicted octanol–water partition coefficient (Wildman–Crippen LogP) is 2.73. The second-order valence-corrected chi connectivity index (χ2v) is 7.14. The Morgan fingerprint density at radius 1 is 1.21 bits per heavy atom. The number of rotatable bonds is 2. The Kier molecular flexibility index (Phi) is 3.75. The van der Waals surface area contributed by atoms with E-state index in [1.165, 1.54) is 0 Å². The van der Waals surface area contributed by atoms with Crippen molar-refractivity contribution in [2.45, 2.75) is 57.7 Å². The molecule has 0 bridgehead atoms. The SMILES string of the molecule is [2H][C@@]1(N2C(=O)c3ccccc3C2=O)CC[C@@H](NC(=O)OC(C)(C)C)C1. The Balaban J connectivity index is 1.72. The van der Waals surface area contributed by atoms with Crippen molar-refractivity contribution in [2.75, 3.05) is 0 Å². The maximum atomic E-state index is 12.6. The Morgan fingerprint density at radius 2 is 1.79 bits per heavy atom. The number of imide groups is 1. The quantitative estimate of drug-likeness (QED) is 0.846. The highest BCUT2D eigenvalue weighted by molar-refractivity contribution is 6.21. The first-order valence-electron chi connectivity index (χ1n) is 8.58. The van der Waals surface area contributed by atoms with Gasteiger partial charge in [0.15, 0.2) is 0 Å². The third-order valence-corrected chi connectivity index (χ3v) is 4.09. The van der Waals surface area contributed by atoms with Gasteiger partial charge in [-0.1, -0.05) is 12.1 Å². The van der Waals surface area contributed by atoms with Crippen LogP contribution in [0.25, 0.3) is 0 Å². The fourth-order valence-corrected chi connectivity index (χ4v) is 3.11. The largest absolute Gasteiger partial charge is 0.444 e. The fourth-order valence-electron chi connectivity index (χ4n) is 3.11. The molecule has 1 saturated carbocycles. The first-order chi connectivity index (χ1) is 11.6. The summed E-state index contributed by atoms with van der Waals surface area (Å²) >= 11 is 0. The molecule has 1 heterocycles. The van der Waals surface area contributed by atoms with Gasteiger partial charge in [0.2, 0.25) is 0 Å². The molecule has 3 amide bonds. The topological polar surface area (TPSA) is 75.7 Å². The number of nitrogens with zero attached hydrogens (tertiary/aromatic N) is 1. The molecular formula is C18H22N2O4. The van der Waals surface area contributed by atoms with Crippen molar-refractivity contribution in [1.29, 1.82) is 0 Å². The van der Waals surface area contributed by atoms with Crippen LogP contribution in [0.2, 0.25) is 0 Å². The van der Waals surface area contributed by atoms with E-state index in [4.69, 9.17) is 6.11 Å². The molecule has 1 N–H and O–H groups in total. The van der Waals surface area contributed by atoms with Gasteiger partial charge in [-0.05, 0) is 52.2 Å². The molecule has 1 aliphatic carbocycles. The highest BCUT2D eigenvalue weighted by Gasteiger charge is 2.42. The summed E-state index contributed by atoms with van der Waals surface area (Å²) in [5, 5.41) is 2.73. The first kappa shape index (κ1) is 15.2. The monoisotopic (exact) mass is 331 g/mol. The van der Waals surface area contributed by atoms with Crippen molar-refractivity contribution in [2.24, 2.45) is 0 Å². The van der Waals surface area contributed by atoms with Gasteiger partial charge in [0, 0.05) is 12.1 Å². The number of carbonyl (C=O) groups is 3. The zero-order chi connectivity index (χ0) is 18.4. The van der Waals surface area contributed by atoms with Gasteiger partial charge in [-0.25, -0.2) is 4.79 Å². The Bertz CT molecular complexity index is 708. The summed E-state index contributed by atoms with van der Waals surface area (Å²) in [6, 6.07) is 4.94. The maximum absolute atomic E-state index is 12.6. The molecule has 1 aromatic rings. The molecule has 2 aliphatic rings. The van der Waals surface area contributed by atoms with E-state index in [0.29, 0.717) is 24.0 Å². The smallest absolute Gasteiger partial charge is 0.407 e. The molecular weight excluding hydrogens is 308 g/mol. The summed E-state index contributed by atoms with van der Waals surface area (Å²) in [6.07, 6.45) is 0.469. The van der Waals surface area contributed by atoms with Gasteiger partial charge >= 0.3 is 6.09 Å². The van der Waals surface area contributed by atoms with E-state index in [1.807, 2.05) is 0 Å². The number of nitrogens with one attached hydrogen (secondary N) is 1. The van der Waals surface area contributed by atoms with Crippen LogP contribution in [0.4, 0.5) is 4.79 Å². The lowest BCUT2D eigenvalue weighted by Gasteiger charge is -2.23. The van der Waals surface area contributed by atoms with Gasteiger partial charge in [0.1, 0.15) is 5.60 Å². The summed E-state index contributed by atoms with van der Waals surface area (Å²) in [5.74, 6) is -0.873. The van der Waals surface area contributed by atoms with E-state index in [2.05, 4.69) is 5.32 Å². The van der Waals surface area contributed by atoms with Gasteiger partial charge in [-0.15, -0.1) is 0 Å². The molecule has 1 aliphatic heterocycles. The second kappa shape index (κ2) is 5.92. The third-order valence-electron chi connectivity index (χ3n) is 4.09. The van der Waals surface area contributed by atoms with Crippen LogP contribution in [0.3, 0.4) is 0 Å². The van der Waals surface area contributed by atoms with Crippen molar-refractivity contribution in [3.8, 4) is 0 Å². The van der Waals surface area contributed by atoms with Gasteiger partial charge < -0.3 is 10.1 Å². The summed E-state index contributed by atoms with van der Waals surface area (Å²) in [4.78, 5) is 38.1. The van der Waals surface area contributed by atoms with Crippen LogP contribution >= 0.6 is 0 Å². The molecule has 24 heavy (non-hydrogen) atoms. The number of ether oxygens (including phenoxy) is 1. The van der Waals surface area contributed by atoms with Crippen molar-refractivity contribution in [3.05, 3.63) is 35.4 Å². The van der Waals surface area contributed by atoms with Crippen LogP contribution in [-0.2, 0) is 4.74 Å². The van der Waals surface area contributed by atoms with E-state index in [9.17, 15) is 14.4 Å². The van der Waals surface area contributed by atoms with Crippen molar-refractivity contribution < 1.29 is 20.5 Å². The first-order valence-corrected chi connectivity index (χ1v) is 8.08. The number of benzene rings is 1. The van der Waals surface area contributed by atoms with E-state index in [-0.39, 0.29) is 12.5 Å². The molecule has 6 heteroatoms. The molecule has 1 fully saturated rings. The third kappa shape index (κ3) is 3.13. The zero-order valence-electron chi connectivity index (χ0n) is 15.1. The van der Waals surface area contributed by atoms with E-state index >= 15 is 0 Å². The molecule has 0 radical (unpaired) electrons. The predicted molar refractivity (Wildman–Crippen MR) is 87.7 cm³/mol. The second-order valence-electron chi connectivity index (χ2n) is 7.14. The lowest BCUT2D eigenvalue weighted by atomic mass is 10.1. The maximum Gasteiger partial charge on any atom is 0.407 e. The normalized spacial score (nSPS) is 27.0. The Hall–Kier alpha value is -2.37. The number of hydrogen-bond acceptors (Lipinski definition) is 4. The van der Waals surface area contributed by atoms with Crippen LogP contribution in [0.1, 0.15) is 62.1 Å². The minimum atomic E-state index is -1.35. The van der Waals surface area contributed by atoms with Gasteiger partial charge in [-0.3, -0.25) is 14.5 Å². The van der Waals surface area contributed by atoms with Crippen LogP contribution < -0.4 is 5.32 Å². The van der Waals surface area contributed by atoms with Crippen LogP contribution in [-0.4, -0.2) is 40.5 Å². The highest BCUT2D eigenvalue weighted by Crippen LogP contribution is 2.32. The molecule has 0 saturated heterocycles. The van der Waals surface area contributed by atoms with Crippen molar-refractivity contribution in [3.63, 3.8) is 0 Å². The number of amides is 3. The van der Waals surface area contributed by atoms with E-state index in [0.717, 1.165) is 4.90 Å². The minimum Gasteiger partial charge on any atom is -0.444 e. The highest BCUT2D eigenvalue weighted by atomic mass is 16.6. The number of hydrogen-bond donors (Lipinski definition) is 1. The summed E-state index contributed by atoms with van der Waals surface area (Å²) in [5.41, 5.74) is 0.0638. The average molecular weight is 331 g/mol. The lowest BCUT2D eigenvalue weighted by Crippen LogP contribution is -2.41. The minimum absolute atomic E-state index is 0.192. The summed E-state index contributed by atoms with van der Waals surface area (Å²) < 4.78 is 13.9. The molecule has 128 valence electrons.